The molecule has 0 fully saturated rings. The number of hydrogen-bond donors (Lipinski definition) is 3. The third-order valence-corrected chi connectivity index (χ3v) is 5.63. The van der Waals surface area contributed by atoms with Crippen molar-refractivity contribution in [2.24, 2.45) is 0 Å². The molecular formula is C22H33BrN8O5. The second-order valence-corrected chi connectivity index (χ2v) is 9.55. The van der Waals surface area contributed by atoms with Gasteiger partial charge in [-0.3, -0.25) is 14.4 Å². The lowest BCUT2D eigenvalue weighted by Crippen LogP contribution is -2.38. The number of nitrogens with zero attached hydrogens (tertiary/aromatic N) is 5. The molecule has 3 rings (SSSR count). The first-order valence-electron chi connectivity index (χ1n) is 11.3. The van der Waals surface area contributed by atoms with Crippen molar-refractivity contribution in [3.8, 4) is 0 Å². The number of carbonyl (C=O) groups excluding carboxylic acids is 4. The van der Waals surface area contributed by atoms with E-state index >= 15 is 0 Å². The minimum absolute atomic E-state index is 0.0332. The largest absolute Gasteiger partial charge is 0.444 e. The van der Waals surface area contributed by atoms with Crippen LogP contribution in [0.2, 0.25) is 0 Å². The van der Waals surface area contributed by atoms with Crippen molar-refractivity contribution in [3.63, 3.8) is 0 Å². The van der Waals surface area contributed by atoms with Crippen LogP contribution in [0, 0.1) is 0 Å². The average Bonchev–Trinajstić information content (AvgIpc) is 3.41. The van der Waals surface area contributed by atoms with Crippen LogP contribution >= 0.6 is 15.9 Å². The van der Waals surface area contributed by atoms with Crippen LogP contribution in [0.25, 0.3) is 0 Å². The van der Waals surface area contributed by atoms with Crippen molar-refractivity contribution in [2.75, 3.05) is 27.2 Å². The molecule has 0 aromatic carbocycles. The van der Waals surface area contributed by atoms with Crippen molar-refractivity contribution >= 4 is 39.7 Å². The second-order valence-electron chi connectivity index (χ2n) is 8.80. The van der Waals surface area contributed by atoms with Gasteiger partial charge in [0.15, 0.2) is 11.6 Å². The number of amides is 4. The van der Waals surface area contributed by atoms with E-state index in [1.165, 1.54) is 6.20 Å². The second kappa shape index (κ2) is 12.5. The van der Waals surface area contributed by atoms with Crippen LogP contribution in [-0.2, 0) is 29.2 Å². The molecule has 14 heteroatoms. The molecule has 0 aliphatic carbocycles. The van der Waals surface area contributed by atoms with Crippen LogP contribution in [0.5, 0.6) is 0 Å². The first-order chi connectivity index (χ1) is 16.9. The zero-order chi connectivity index (χ0) is 27.0. The first kappa shape index (κ1) is 28.8. The Morgan fingerprint density at radius 3 is 2.31 bits per heavy atom. The van der Waals surface area contributed by atoms with Crippen molar-refractivity contribution in [1.82, 2.24) is 40.0 Å². The number of ether oxygens (including phenoxy) is 1. The molecule has 0 unspecified atom stereocenters. The molecule has 2 aromatic rings. The third-order valence-electron chi connectivity index (χ3n) is 5.00. The van der Waals surface area contributed by atoms with E-state index in [0.717, 1.165) is 5.69 Å². The van der Waals surface area contributed by atoms with Gasteiger partial charge in [-0.15, -0.1) is 0 Å². The van der Waals surface area contributed by atoms with Gasteiger partial charge in [0.05, 0.1) is 12.2 Å². The van der Waals surface area contributed by atoms with E-state index in [1.54, 1.807) is 57.5 Å². The van der Waals surface area contributed by atoms with E-state index in [1.807, 2.05) is 4.57 Å². The van der Waals surface area contributed by atoms with Crippen molar-refractivity contribution < 1.29 is 23.9 Å². The molecule has 0 radical (unpaired) electrons. The Balaban J connectivity index is 0.000000255. The number of alkyl carbamates (subject to hydrolysis) is 1. The van der Waals surface area contributed by atoms with Gasteiger partial charge in [-0.2, -0.15) is 0 Å². The van der Waals surface area contributed by atoms with Gasteiger partial charge in [0.1, 0.15) is 10.2 Å². The number of nitrogens with one attached hydrogen (secondary N) is 3. The Labute approximate surface area is 218 Å². The zero-order valence-electron chi connectivity index (χ0n) is 21.3. The Morgan fingerprint density at radius 1 is 1.08 bits per heavy atom. The molecular weight excluding hydrogens is 536 g/mol. The van der Waals surface area contributed by atoms with E-state index < -0.39 is 11.7 Å². The Morgan fingerprint density at radius 2 is 1.72 bits per heavy atom. The maximum atomic E-state index is 11.6. The molecule has 0 bridgehead atoms. The van der Waals surface area contributed by atoms with E-state index in [9.17, 15) is 19.2 Å². The molecule has 4 amide bonds. The fourth-order valence-corrected chi connectivity index (χ4v) is 3.79. The van der Waals surface area contributed by atoms with Crippen molar-refractivity contribution in [1.29, 1.82) is 0 Å². The summed E-state index contributed by atoms with van der Waals surface area (Å²) >= 11 is 3.33. The van der Waals surface area contributed by atoms with Gasteiger partial charge >= 0.3 is 6.09 Å². The first-order valence-corrected chi connectivity index (χ1v) is 12.1. The molecule has 0 saturated carbocycles. The van der Waals surface area contributed by atoms with Crippen LogP contribution in [0.3, 0.4) is 0 Å². The quantitative estimate of drug-likeness (QED) is 0.488. The van der Waals surface area contributed by atoms with Gasteiger partial charge in [0.25, 0.3) is 11.8 Å². The molecule has 1 aliphatic heterocycles. The highest BCUT2D eigenvalue weighted by Gasteiger charge is 2.26. The molecule has 198 valence electrons. The van der Waals surface area contributed by atoms with Gasteiger partial charge in [-0.25, -0.2) is 14.8 Å². The molecule has 3 N–H and O–H groups in total. The summed E-state index contributed by atoms with van der Waals surface area (Å²) in [5.41, 5.74) is 0.344. The van der Waals surface area contributed by atoms with Gasteiger partial charge in [0.2, 0.25) is 5.91 Å². The lowest BCUT2D eigenvalue weighted by molar-refractivity contribution is -0.130. The monoisotopic (exact) mass is 568 g/mol. The molecule has 0 saturated heterocycles. The lowest BCUT2D eigenvalue weighted by atomic mass is 10.2. The van der Waals surface area contributed by atoms with E-state index in [-0.39, 0.29) is 17.7 Å². The van der Waals surface area contributed by atoms with Crippen LogP contribution in [-0.4, -0.2) is 80.6 Å². The summed E-state index contributed by atoms with van der Waals surface area (Å²) in [6.07, 6.45) is 2.74. The van der Waals surface area contributed by atoms with Crippen molar-refractivity contribution in [3.05, 3.63) is 34.3 Å². The Hall–Kier alpha value is -3.42. The minimum atomic E-state index is -0.521. The smallest absolute Gasteiger partial charge is 0.407 e. The normalized spacial score (nSPS) is 12.6. The summed E-state index contributed by atoms with van der Waals surface area (Å²) < 4.78 is 9.24. The number of imidazole rings is 2. The summed E-state index contributed by atoms with van der Waals surface area (Å²) in [5.74, 6) is 0.257. The van der Waals surface area contributed by atoms with Crippen LogP contribution in [0.4, 0.5) is 4.79 Å². The van der Waals surface area contributed by atoms with Crippen LogP contribution in [0.15, 0.2) is 17.0 Å². The number of hydrogen-bond acceptors (Lipinski definition) is 7. The third kappa shape index (κ3) is 7.80. The highest BCUT2D eigenvalue weighted by molar-refractivity contribution is 9.10. The number of carbonyl (C=O) groups is 4. The topological polar surface area (TPSA) is 152 Å². The van der Waals surface area contributed by atoms with Crippen LogP contribution in [0.1, 0.15) is 54.6 Å². The summed E-state index contributed by atoms with van der Waals surface area (Å²) in [6.45, 7) is 9.42. The van der Waals surface area contributed by atoms with E-state index in [0.29, 0.717) is 49.0 Å². The summed E-state index contributed by atoms with van der Waals surface area (Å²) in [5, 5.41) is 7.68. The number of aromatic nitrogens is 4. The maximum absolute atomic E-state index is 11.6. The molecule has 36 heavy (non-hydrogen) atoms. The Kier molecular flexibility index (Phi) is 10.0. The predicted molar refractivity (Wildman–Crippen MR) is 134 cm³/mol. The van der Waals surface area contributed by atoms with Gasteiger partial charge < -0.3 is 34.7 Å². The average molecular weight is 569 g/mol. The van der Waals surface area contributed by atoms with Gasteiger partial charge in [-0.05, 0) is 36.7 Å². The summed E-state index contributed by atoms with van der Waals surface area (Å²) in [6, 6.07) is 0. The standard InChI is InChI=1S/C12H20N4O3.C10H13BrN4O2/c1-12(2,3)19-11(18)15-6-8-16-7-5-14-9(16)10(17)13-4;1-6(16)14-3-4-15-7(5-14)8(11)13-9(15)10(17)12-2/h5,7H,6,8H2,1-4H3,(H,13,17)(H,15,18);3-5H2,1-2H3,(H,12,17). The zero-order valence-corrected chi connectivity index (χ0v) is 22.9. The fraction of sp³-hybridized carbons (Fsp3) is 0.545. The summed E-state index contributed by atoms with van der Waals surface area (Å²) in [4.78, 5) is 55.7. The lowest BCUT2D eigenvalue weighted by Gasteiger charge is -2.27. The van der Waals surface area contributed by atoms with Gasteiger partial charge in [-0.1, -0.05) is 0 Å². The summed E-state index contributed by atoms with van der Waals surface area (Å²) in [7, 11) is 3.11. The Bertz CT molecular complexity index is 1100. The van der Waals surface area contributed by atoms with Crippen molar-refractivity contribution in [2.45, 2.75) is 52.9 Å². The van der Waals surface area contributed by atoms with Crippen LogP contribution < -0.4 is 16.0 Å². The van der Waals surface area contributed by atoms with Gasteiger partial charge in [0, 0.05) is 59.6 Å². The molecule has 0 spiro atoms. The van der Waals surface area contributed by atoms with E-state index in [4.69, 9.17) is 4.74 Å². The molecule has 13 nitrogen and oxygen atoms in total. The molecule has 1 aliphatic rings. The predicted octanol–water partition coefficient (Wildman–Crippen LogP) is 1.13. The highest BCUT2D eigenvalue weighted by atomic mass is 79.9. The number of halogens is 1. The highest BCUT2D eigenvalue weighted by Crippen LogP contribution is 2.23. The minimum Gasteiger partial charge on any atom is -0.444 e. The fourth-order valence-electron chi connectivity index (χ4n) is 3.29. The molecule has 3 heterocycles. The SMILES string of the molecule is CNC(=O)c1nc(Br)c2n1CCN(C(C)=O)C2.CNC(=O)c1nccn1CCNC(=O)OC(C)(C)C. The maximum Gasteiger partial charge on any atom is 0.407 e. The molecule has 2 aromatic heterocycles. The van der Waals surface area contributed by atoms with E-state index in [2.05, 4.69) is 41.8 Å². The molecule has 0 atom stereocenters. The number of fused-ring (bicyclic) bond motifs is 1. The number of rotatable bonds is 5.